The van der Waals surface area contributed by atoms with Crippen molar-refractivity contribution in [3.05, 3.63) is 112 Å². The minimum Gasteiger partial charge on any atom is -0.511 e. The fourth-order valence-corrected chi connectivity index (χ4v) is 12.5. The second-order valence-electron chi connectivity index (χ2n) is 15.8. The van der Waals surface area contributed by atoms with Crippen LogP contribution >= 0.6 is 21.6 Å². The summed E-state index contributed by atoms with van der Waals surface area (Å²) >= 11 is 0. The predicted molar refractivity (Wildman–Crippen MR) is 213 cm³/mol. The van der Waals surface area contributed by atoms with E-state index in [1.165, 1.54) is 39.8 Å². The smallest absolute Gasteiger partial charge is 0.229 e. The number of ketones is 2. The highest BCUT2D eigenvalue weighted by Gasteiger charge is 2.68. The Kier molecular flexibility index (Phi) is 11.2. The second kappa shape index (κ2) is 15.8. The van der Waals surface area contributed by atoms with E-state index in [9.17, 15) is 40.5 Å². The van der Waals surface area contributed by atoms with Crippen molar-refractivity contribution in [3.8, 4) is 5.75 Å². The van der Waals surface area contributed by atoms with Crippen molar-refractivity contribution < 1.29 is 54.8 Å². The van der Waals surface area contributed by atoms with E-state index >= 15 is 4.79 Å². The SMILES string of the molecule is O=C1c2cccc3c2C(=O)C2(C(O)=CC(Cc4cccc(CO)c4)=CC12)C(CCCO)SSCNC1=CC(=CCN1)CC1CCC2(CO)OC(O3)C(O)C1(O)C2O. The molecule has 2 fully saturated rings. The first-order valence-electron chi connectivity index (χ1n) is 19.3. The molecule has 6 aliphatic rings. The molecule has 1 spiro atoms. The average molecular weight is 821 g/mol. The maximum absolute atomic E-state index is 15.5. The number of Topliss-reactive ketones (excluding diaryl/α,β-unsaturated/α-hetero) is 2. The monoisotopic (exact) mass is 820 g/mol. The lowest BCUT2D eigenvalue weighted by Gasteiger charge is -2.59. The van der Waals surface area contributed by atoms with Crippen LogP contribution in [0.4, 0.5) is 0 Å². The van der Waals surface area contributed by atoms with Gasteiger partial charge in [-0.25, -0.2) is 0 Å². The first kappa shape index (κ1) is 40.2. The van der Waals surface area contributed by atoms with E-state index < -0.39 is 70.4 Å². The van der Waals surface area contributed by atoms with Crippen molar-refractivity contribution in [2.75, 3.05) is 25.6 Å². The molecule has 304 valence electrons. The topological polar surface area (TPSA) is 218 Å². The van der Waals surface area contributed by atoms with Gasteiger partial charge in [-0.05, 0) is 84.9 Å². The quantitative estimate of drug-likeness (QED) is 0.184. The van der Waals surface area contributed by atoms with Gasteiger partial charge in [0.2, 0.25) is 6.29 Å². The Labute approximate surface area is 337 Å². The van der Waals surface area contributed by atoms with Gasteiger partial charge in [-0.2, -0.15) is 0 Å². The molecule has 57 heavy (non-hydrogen) atoms. The largest absolute Gasteiger partial charge is 0.511 e. The van der Waals surface area contributed by atoms with E-state index in [0.29, 0.717) is 48.6 Å². The molecule has 0 amide bonds. The predicted octanol–water partition coefficient (Wildman–Crippen LogP) is 2.96. The normalized spacial score (nSPS) is 34.8. The van der Waals surface area contributed by atoms with Crippen LogP contribution in [0.5, 0.6) is 5.75 Å². The van der Waals surface area contributed by atoms with E-state index in [0.717, 1.165) is 11.1 Å². The molecular formula is C42H48N2O11S2. The van der Waals surface area contributed by atoms with E-state index in [4.69, 9.17) is 9.47 Å². The average Bonchev–Trinajstić information content (AvgIpc) is 3.21. The summed E-state index contributed by atoms with van der Waals surface area (Å²) < 4.78 is 12.6. The van der Waals surface area contributed by atoms with Gasteiger partial charge in [-0.3, -0.25) is 9.59 Å². The maximum atomic E-state index is 15.5. The third-order valence-electron chi connectivity index (χ3n) is 12.6. The van der Waals surface area contributed by atoms with E-state index in [-0.39, 0.29) is 55.1 Å². The van der Waals surface area contributed by atoms with Crippen molar-refractivity contribution in [1.82, 2.24) is 10.6 Å². The molecule has 1 saturated heterocycles. The highest BCUT2D eigenvalue weighted by molar-refractivity contribution is 8.76. The van der Waals surface area contributed by atoms with Crippen molar-refractivity contribution in [2.24, 2.45) is 17.3 Å². The number of benzene rings is 2. The number of hydrogen-bond donors (Lipinski definition) is 9. The lowest BCUT2D eigenvalue weighted by Crippen LogP contribution is -2.77. The maximum Gasteiger partial charge on any atom is 0.229 e. The number of fused-ring (bicyclic) bond motifs is 3. The summed E-state index contributed by atoms with van der Waals surface area (Å²) in [4.78, 5) is 30.5. The number of nitrogens with one attached hydrogen (secondary N) is 2. The van der Waals surface area contributed by atoms with E-state index in [2.05, 4.69) is 10.6 Å². The van der Waals surface area contributed by atoms with Crippen molar-refractivity contribution >= 4 is 33.2 Å². The van der Waals surface area contributed by atoms with E-state index in [1.807, 2.05) is 30.4 Å². The summed E-state index contributed by atoms with van der Waals surface area (Å²) in [6, 6.07) is 11.9. The summed E-state index contributed by atoms with van der Waals surface area (Å²) in [6.45, 7) is -0.551. The number of hydrogen-bond acceptors (Lipinski definition) is 15. The Bertz CT molecular complexity index is 2050. The van der Waals surface area contributed by atoms with Crippen LogP contribution in [0.3, 0.4) is 0 Å². The summed E-state index contributed by atoms with van der Waals surface area (Å²) in [5, 5.41) is 84.7. The Hall–Kier alpha value is -3.64. The zero-order chi connectivity index (χ0) is 40.1. The Morgan fingerprint density at radius 3 is 2.60 bits per heavy atom. The van der Waals surface area contributed by atoms with Gasteiger partial charge in [0.05, 0.1) is 36.4 Å². The van der Waals surface area contributed by atoms with Gasteiger partial charge in [0, 0.05) is 24.0 Å². The third kappa shape index (κ3) is 6.65. The van der Waals surface area contributed by atoms with Gasteiger partial charge in [-0.15, -0.1) is 0 Å². The molecule has 2 aromatic rings. The molecule has 3 aliphatic carbocycles. The number of aliphatic hydroxyl groups excluding tert-OH is 6. The molecule has 1 saturated carbocycles. The summed E-state index contributed by atoms with van der Waals surface area (Å²) in [5.74, 6) is -2.25. The van der Waals surface area contributed by atoms with Crippen LogP contribution < -0.4 is 15.4 Å². The van der Waals surface area contributed by atoms with E-state index in [1.54, 1.807) is 18.2 Å². The minimum atomic E-state index is -2.20. The highest BCUT2D eigenvalue weighted by Crippen LogP contribution is 2.58. The van der Waals surface area contributed by atoms with Crippen LogP contribution in [0, 0.1) is 17.3 Å². The van der Waals surface area contributed by atoms with Crippen LogP contribution in [0.25, 0.3) is 0 Å². The minimum absolute atomic E-state index is 0.0390. The molecule has 13 nitrogen and oxygen atoms in total. The molecule has 9 unspecified atom stereocenters. The van der Waals surface area contributed by atoms with Crippen LogP contribution in [0.15, 0.2) is 89.5 Å². The highest BCUT2D eigenvalue weighted by atomic mass is 33.1. The number of allylic oxidation sites excluding steroid dienone is 6. The second-order valence-corrected chi connectivity index (χ2v) is 18.3. The zero-order valence-electron chi connectivity index (χ0n) is 31.2. The number of carbonyl (C=O) groups is 2. The van der Waals surface area contributed by atoms with Crippen molar-refractivity contribution in [3.63, 3.8) is 0 Å². The molecule has 0 radical (unpaired) electrons. The number of aliphatic hydroxyl groups is 7. The third-order valence-corrected chi connectivity index (χ3v) is 15.3. The fourth-order valence-electron chi connectivity index (χ4n) is 9.66. The molecule has 3 heterocycles. The van der Waals surface area contributed by atoms with Gasteiger partial charge < -0.3 is 55.9 Å². The van der Waals surface area contributed by atoms with Crippen LogP contribution in [0.2, 0.25) is 0 Å². The number of dihydropyridines is 1. The molecule has 2 aromatic carbocycles. The Balaban J connectivity index is 1.28. The van der Waals surface area contributed by atoms with Crippen LogP contribution in [-0.2, 0) is 17.8 Å². The van der Waals surface area contributed by atoms with Gasteiger partial charge in [0.15, 0.2) is 11.6 Å². The molecule has 8 rings (SSSR count). The molecule has 7 bridgehead atoms. The molecule has 15 heteroatoms. The fraction of sp³-hybridized carbons (Fsp3) is 0.476. The molecular weight excluding hydrogens is 773 g/mol. The lowest BCUT2D eigenvalue weighted by molar-refractivity contribution is -0.376. The molecule has 3 aliphatic heterocycles. The van der Waals surface area contributed by atoms with Crippen LogP contribution in [0.1, 0.15) is 63.9 Å². The van der Waals surface area contributed by atoms with Crippen molar-refractivity contribution in [1.29, 1.82) is 0 Å². The molecule has 9 N–H and O–H groups in total. The number of rotatable bonds is 7. The Morgan fingerprint density at radius 1 is 1.00 bits per heavy atom. The first-order valence-corrected chi connectivity index (χ1v) is 21.7. The van der Waals surface area contributed by atoms with Gasteiger partial charge in [-0.1, -0.05) is 70.1 Å². The first-order chi connectivity index (χ1) is 27.5. The molecule has 0 aromatic heterocycles. The zero-order valence-corrected chi connectivity index (χ0v) is 32.8. The lowest BCUT2D eigenvalue weighted by atomic mass is 9.57. The van der Waals surface area contributed by atoms with Gasteiger partial charge in [0.1, 0.15) is 40.3 Å². The molecule has 9 atom stereocenters. The number of carbonyl (C=O) groups excluding carboxylic acids is 2. The number of ether oxygens (including phenoxy) is 2. The summed E-state index contributed by atoms with van der Waals surface area (Å²) in [5.41, 5.74) is -2.82. The standard InChI is InChI=1S/C42H48N2O11S2/c45-13-3-8-32-41-29(17-26(18-31(41)48)15-23-4-1-5-25(14-23)20-46)35(49)28-6-2-7-30(34(28)36(41)50)54-38-37(51)42(53)27(9-11-40(21-47,55-38)39(42)52)16-24-10-12-43-33(19-24)44-22-56-57-32/h1-2,4-7,10,14,17-19,27,29,32,37-39,43-48,51-53H,3,8-9,11-13,15-16,20-22H2. The van der Waals surface area contributed by atoms with Gasteiger partial charge in [0.25, 0.3) is 0 Å². The summed E-state index contributed by atoms with van der Waals surface area (Å²) in [7, 11) is 2.75. The summed E-state index contributed by atoms with van der Waals surface area (Å²) in [6.07, 6.45) is 3.51. The Morgan fingerprint density at radius 2 is 1.81 bits per heavy atom. The van der Waals surface area contributed by atoms with Gasteiger partial charge >= 0.3 is 0 Å². The van der Waals surface area contributed by atoms with Crippen LogP contribution in [-0.4, -0.2) is 108 Å². The van der Waals surface area contributed by atoms with Crippen molar-refractivity contribution in [2.45, 2.75) is 80.1 Å².